The van der Waals surface area contributed by atoms with E-state index in [0.29, 0.717) is 27.6 Å². The first-order valence-corrected chi connectivity index (χ1v) is 19.2. The number of likely N-dealkylation sites (N-methyl/N-ethyl adjacent to an activating group) is 1. The van der Waals surface area contributed by atoms with Gasteiger partial charge in [-0.15, -0.1) is 0 Å². The van der Waals surface area contributed by atoms with E-state index in [4.69, 9.17) is 0 Å². The number of aliphatic hydroxyl groups excluding tert-OH is 1. The average molecular weight is 610 g/mol. The van der Waals surface area contributed by atoms with Gasteiger partial charge in [-0.3, -0.25) is 0 Å². The molecule has 10 atom stereocenters. The zero-order valence-corrected chi connectivity index (χ0v) is 30.2. The molecule has 5 aliphatic carbocycles. The normalized spacial score (nSPS) is 47.4. The number of nitrogens with zero attached hydrogens (tertiary/aromatic N) is 2. The molecule has 1 aliphatic heterocycles. The minimum Gasteiger partial charge on any atom is -0.393 e. The van der Waals surface area contributed by atoms with Crippen LogP contribution in [0.5, 0.6) is 0 Å². The minimum atomic E-state index is -0.131. The second-order valence-corrected chi connectivity index (χ2v) is 18.8. The van der Waals surface area contributed by atoms with Gasteiger partial charge >= 0.3 is 0 Å². The minimum absolute atomic E-state index is 0.0446. The van der Waals surface area contributed by atoms with Gasteiger partial charge in [-0.05, 0) is 174 Å². The van der Waals surface area contributed by atoms with Crippen molar-refractivity contribution >= 4 is 0 Å². The summed E-state index contributed by atoms with van der Waals surface area (Å²) in [5.74, 6) is 3.87. The van der Waals surface area contributed by atoms with Gasteiger partial charge < -0.3 is 20.2 Å². The molecule has 0 amide bonds. The Kier molecular flexibility index (Phi) is 9.31. The van der Waals surface area contributed by atoms with Gasteiger partial charge in [0, 0.05) is 26.2 Å². The topological polar surface area (TPSA) is 38.7 Å². The van der Waals surface area contributed by atoms with Crippen LogP contribution >= 0.6 is 0 Å². The van der Waals surface area contributed by atoms with Crippen molar-refractivity contribution in [1.82, 2.24) is 15.1 Å². The van der Waals surface area contributed by atoms with Crippen LogP contribution in [0.15, 0.2) is 12.2 Å². The molecule has 4 nitrogen and oxygen atoms in total. The fraction of sp³-hybridized carbons (Fsp3) is 0.950. The molecular formula is C40H71N3O. The summed E-state index contributed by atoms with van der Waals surface area (Å²) in [6.07, 6.45) is 17.4. The third kappa shape index (κ3) is 5.31. The van der Waals surface area contributed by atoms with Crippen molar-refractivity contribution in [3.05, 3.63) is 12.2 Å². The Labute approximate surface area is 272 Å². The number of hydrogen-bond donors (Lipinski definition) is 2. The lowest BCUT2D eigenvalue weighted by molar-refractivity contribution is -0.248. The Balaban J connectivity index is 1.13. The quantitative estimate of drug-likeness (QED) is 0.205. The molecular weight excluding hydrogens is 538 g/mol. The summed E-state index contributed by atoms with van der Waals surface area (Å²) in [7, 11) is 2.25. The highest BCUT2D eigenvalue weighted by Crippen LogP contribution is 2.77. The number of allylic oxidation sites excluding steroid dienone is 1. The van der Waals surface area contributed by atoms with Gasteiger partial charge in [0.15, 0.2) is 0 Å². The predicted octanol–water partition coefficient (Wildman–Crippen LogP) is 8.01. The number of hydrogen-bond acceptors (Lipinski definition) is 4. The summed E-state index contributed by atoms with van der Waals surface area (Å²) >= 11 is 0. The Morgan fingerprint density at radius 3 is 2.25 bits per heavy atom. The van der Waals surface area contributed by atoms with Crippen LogP contribution in [0.2, 0.25) is 0 Å². The van der Waals surface area contributed by atoms with Crippen molar-refractivity contribution in [2.45, 2.75) is 131 Å². The van der Waals surface area contributed by atoms with E-state index in [1.165, 1.54) is 128 Å². The van der Waals surface area contributed by atoms with Crippen LogP contribution in [0.1, 0.15) is 125 Å². The van der Waals surface area contributed by atoms with E-state index in [0.717, 1.165) is 30.1 Å². The molecule has 0 radical (unpaired) electrons. The van der Waals surface area contributed by atoms with Crippen molar-refractivity contribution in [3.8, 4) is 0 Å². The van der Waals surface area contributed by atoms with Crippen LogP contribution in [-0.2, 0) is 0 Å². The summed E-state index contributed by atoms with van der Waals surface area (Å²) in [4.78, 5) is 5.11. The second-order valence-electron chi connectivity index (χ2n) is 18.8. The number of fused-ring (bicyclic) bond motifs is 7. The van der Waals surface area contributed by atoms with Crippen molar-refractivity contribution in [1.29, 1.82) is 0 Å². The number of rotatable bonds is 9. The molecule has 0 spiro atoms. The molecule has 0 aromatic carbocycles. The van der Waals surface area contributed by atoms with Gasteiger partial charge in [-0.25, -0.2) is 0 Å². The summed E-state index contributed by atoms with van der Waals surface area (Å²) in [6.45, 7) is 28.6. The third-order valence-corrected chi connectivity index (χ3v) is 16.7. The van der Waals surface area contributed by atoms with E-state index < -0.39 is 0 Å². The molecule has 2 N–H and O–H groups in total. The highest BCUT2D eigenvalue weighted by Gasteiger charge is 2.70. The summed E-state index contributed by atoms with van der Waals surface area (Å²) < 4.78 is 0. The van der Waals surface area contributed by atoms with Gasteiger partial charge in [-0.2, -0.15) is 0 Å². The zero-order valence-electron chi connectivity index (χ0n) is 30.2. The van der Waals surface area contributed by atoms with E-state index in [9.17, 15) is 5.11 Å². The van der Waals surface area contributed by atoms with Gasteiger partial charge in [-0.1, -0.05) is 46.8 Å². The third-order valence-electron chi connectivity index (χ3n) is 16.7. The van der Waals surface area contributed by atoms with Gasteiger partial charge in [0.25, 0.3) is 0 Å². The fourth-order valence-corrected chi connectivity index (χ4v) is 13.9. The fourth-order valence-electron chi connectivity index (χ4n) is 13.9. The first kappa shape index (κ1) is 33.5. The monoisotopic (exact) mass is 610 g/mol. The Bertz CT molecular complexity index is 1030. The van der Waals surface area contributed by atoms with Crippen LogP contribution in [0.4, 0.5) is 0 Å². The first-order valence-electron chi connectivity index (χ1n) is 19.2. The van der Waals surface area contributed by atoms with Crippen LogP contribution in [0.3, 0.4) is 0 Å². The maximum absolute atomic E-state index is 11.1. The van der Waals surface area contributed by atoms with Crippen molar-refractivity contribution in [2.75, 3.05) is 52.9 Å². The zero-order chi connectivity index (χ0) is 31.5. The lowest BCUT2D eigenvalue weighted by Crippen LogP contribution is -2.66. The van der Waals surface area contributed by atoms with E-state index in [1.54, 1.807) is 0 Å². The van der Waals surface area contributed by atoms with E-state index in [1.807, 2.05) is 0 Å². The largest absolute Gasteiger partial charge is 0.393 e. The molecule has 6 rings (SSSR count). The maximum atomic E-state index is 11.1. The van der Waals surface area contributed by atoms with Crippen molar-refractivity contribution in [2.24, 2.45) is 56.7 Å². The molecule has 1 heterocycles. The number of piperazine rings is 1. The van der Waals surface area contributed by atoms with Gasteiger partial charge in [0.05, 0.1) is 6.10 Å². The molecule has 6 fully saturated rings. The molecule has 6 aliphatic rings. The Morgan fingerprint density at radius 2 is 1.52 bits per heavy atom. The maximum Gasteiger partial charge on any atom is 0.0594 e. The highest BCUT2D eigenvalue weighted by molar-refractivity contribution is 5.21. The number of nitrogens with one attached hydrogen (secondary N) is 1. The summed E-state index contributed by atoms with van der Waals surface area (Å²) in [6, 6.07) is 0. The molecule has 252 valence electrons. The first-order chi connectivity index (χ1) is 20.8. The van der Waals surface area contributed by atoms with Crippen LogP contribution in [0.25, 0.3) is 0 Å². The molecule has 1 saturated heterocycles. The molecule has 5 saturated carbocycles. The predicted molar refractivity (Wildman–Crippen MR) is 186 cm³/mol. The molecule has 44 heavy (non-hydrogen) atoms. The Morgan fingerprint density at radius 1 is 0.795 bits per heavy atom. The highest BCUT2D eigenvalue weighted by atomic mass is 16.3. The number of aliphatic hydroxyl groups is 1. The van der Waals surface area contributed by atoms with Gasteiger partial charge in [0.1, 0.15) is 0 Å². The van der Waals surface area contributed by atoms with Crippen molar-refractivity contribution < 1.29 is 5.11 Å². The Hall–Kier alpha value is -0.420. The SMILES string of the molecule is C=C(C)[C@@H]1CC[C@]2(CCCNCCCN3CCN(C)CC3)CC[C@]3(C)[C@H](CC[C@@H]4[C@@]5(C)CC[C@H](O)C(C)(C)[C@@H]5CC[C@]43C)[C@@H]12. The summed E-state index contributed by atoms with van der Waals surface area (Å²) in [5.41, 5.74) is 3.28. The van der Waals surface area contributed by atoms with E-state index >= 15 is 0 Å². The van der Waals surface area contributed by atoms with Crippen LogP contribution in [0, 0.1) is 56.7 Å². The lowest BCUT2D eigenvalue weighted by Gasteiger charge is -2.73. The van der Waals surface area contributed by atoms with Crippen molar-refractivity contribution in [3.63, 3.8) is 0 Å². The summed E-state index contributed by atoms with van der Waals surface area (Å²) in [5, 5.41) is 14.9. The lowest BCUT2D eigenvalue weighted by atomic mass is 9.32. The smallest absolute Gasteiger partial charge is 0.0594 e. The van der Waals surface area contributed by atoms with E-state index in [-0.39, 0.29) is 11.5 Å². The van der Waals surface area contributed by atoms with Gasteiger partial charge in [0.2, 0.25) is 0 Å². The van der Waals surface area contributed by atoms with E-state index in [2.05, 4.69) is 70.3 Å². The average Bonchev–Trinajstić information content (AvgIpc) is 3.36. The second kappa shape index (κ2) is 12.2. The standard InChI is InChI=1S/C40H71N3O/c1-29(2)30-13-19-40(16-9-22-41-23-10-24-43-27-25-42(8)26-28-43)21-20-38(6)31(35(30)40)11-12-33-37(5)17-15-34(44)36(3,4)32(37)14-18-39(33,38)7/h30-35,41,44H,1,9-28H2,2-8H3/t30-,31+,32-,33+,34-,35+,37-,38+,39+,40+/m0/s1. The molecule has 0 aromatic heterocycles. The molecule has 4 heteroatoms. The van der Waals surface area contributed by atoms with Crippen LogP contribution in [-0.4, -0.2) is 73.9 Å². The molecule has 0 unspecified atom stereocenters. The molecule has 0 bridgehead atoms. The van der Waals surface area contributed by atoms with Crippen LogP contribution < -0.4 is 5.32 Å². The molecule has 0 aromatic rings.